The Bertz CT molecular complexity index is 1930. The zero-order valence-electron chi connectivity index (χ0n) is 24.9. The predicted octanol–water partition coefficient (Wildman–Crippen LogP) is 5.87. The van der Waals surface area contributed by atoms with Crippen molar-refractivity contribution < 1.29 is 19.0 Å². The Kier molecular flexibility index (Phi) is 9.62. The molecule has 0 fully saturated rings. The monoisotopic (exact) mass is 695 g/mol. The number of benzene rings is 3. The van der Waals surface area contributed by atoms with Crippen LogP contribution in [-0.2, 0) is 16.1 Å². The number of methoxy groups -OCH3 is 1. The minimum Gasteiger partial charge on any atom is -0.493 e. The molecule has 1 atom stereocenters. The third-order valence-electron chi connectivity index (χ3n) is 7.12. The highest BCUT2D eigenvalue weighted by atomic mass is 79.9. The first-order valence-electron chi connectivity index (χ1n) is 13.8. The Hall–Kier alpha value is -3.86. The lowest BCUT2D eigenvalue weighted by molar-refractivity contribution is -0.139. The second-order valence-corrected chi connectivity index (χ2v) is 12.5. The van der Waals surface area contributed by atoms with Gasteiger partial charge in [-0.15, -0.1) is 0 Å². The summed E-state index contributed by atoms with van der Waals surface area (Å²) < 4.78 is 19.8. The second-order valence-electron chi connectivity index (χ2n) is 10.2. The predicted molar refractivity (Wildman–Crippen MR) is 178 cm³/mol. The Labute approximate surface area is 272 Å². The zero-order valence-corrected chi connectivity index (χ0v) is 28.0. The van der Waals surface area contributed by atoms with Crippen LogP contribution in [-0.4, -0.2) is 38.3 Å². The fourth-order valence-corrected chi connectivity index (χ4v) is 6.75. The first-order valence-corrected chi connectivity index (χ1v) is 15.8. The molecule has 228 valence electrons. The van der Waals surface area contributed by atoms with Gasteiger partial charge in [-0.1, -0.05) is 53.3 Å². The van der Waals surface area contributed by atoms with Crippen LogP contribution in [0.1, 0.15) is 36.6 Å². The van der Waals surface area contributed by atoms with Crippen LogP contribution in [0, 0.1) is 0 Å². The summed E-state index contributed by atoms with van der Waals surface area (Å²) in [6.07, 6.45) is 1.78. The number of thiazole rings is 1. The van der Waals surface area contributed by atoms with Crippen molar-refractivity contribution in [3.05, 3.63) is 118 Å². The highest BCUT2D eigenvalue weighted by Gasteiger charge is 2.33. The van der Waals surface area contributed by atoms with Crippen LogP contribution in [0.4, 0.5) is 5.69 Å². The van der Waals surface area contributed by atoms with Crippen molar-refractivity contribution in [1.82, 2.24) is 4.57 Å². The molecule has 4 aromatic rings. The molecule has 0 radical (unpaired) electrons. The molecule has 1 aromatic heterocycles. The summed E-state index contributed by atoms with van der Waals surface area (Å²) in [6, 6.07) is 18.2. The topological polar surface area (TPSA) is 82.4 Å². The summed E-state index contributed by atoms with van der Waals surface area (Å²) in [6.45, 7) is 3.99. The van der Waals surface area contributed by atoms with E-state index in [4.69, 9.17) is 25.8 Å². The molecule has 3 aromatic carbocycles. The van der Waals surface area contributed by atoms with Crippen LogP contribution in [0.3, 0.4) is 0 Å². The van der Waals surface area contributed by atoms with Gasteiger partial charge in [0.1, 0.15) is 6.61 Å². The number of ether oxygens (including phenoxy) is 3. The molecular weight excluding hydrogens is 666 g/mol. The Morgan fingerprint density at radius 1 is 1.16 bits per heavy atom. The molecule has 1 aliphatic rings. The van der Waals surface area contributed by atoms with Gasteiger partial charge < -0.3 is 19.1 Å². The van der Waals surface area contributed by atoms with Crippen molar-refractivity contribution in [3.63, 3.8) is 0 Å². The molecule has 1 unspecified atom stereocenters. The fraction of sp³-hybridized carbons (Fsp3) is 0.242. The van der Waals surface area contributed by atoms with E-state index < -0.39 is 12.0 Å². The molecule has 11 heteroatoms. The number of esters is 1. The largest absolute Gasteiger partial charge is 0.493 e. The van der Waals surface area contributed by atoms with E-state index >= 15 is 0 Å². The van der Waals surface area contributed by atoms with Gasteiger partial charge in [-0.05, 0) is 77.3 Å². The molecular formula is C33H31BrClN3O5S. The highest BCUT2D eigenvalue weighted by Crippen LogP contribution is 2.38. The van der Waals surface area contributed by atoms with E-state index in [9.17, 15) is 9.59 Å². The maximum atomic E-state index is 14.0. The number of rotatable bonds is 9. The molecule has 0 bridgehead atoms. The average Bonchev–Trinajstić information content (AvgIpc) is 3.30. The van der Waals surface area contributed by atoms with E-state index in [1.807, 2.05) is 73.6 Å². The smallest absolute Gasteiger partial charge is 0.338 e. The van der Waals surface area contributed by atoms with Crippen LogP contribution >= 0.6 is 38.9 Å². The summed E-state index contributed by atoms with van der Waals surface area (Å²) in [7, 11) is 5.47. The van der Waals surface area contributed by atoms with Crippen LogP contribution in [0.5, 0.6) is 11.5 Å². The van der Waals surface area contributed by atoms with Crippen LogP contribution < -0.4 is 29.3 Å². The number of hydrogen-bond donors (Lipinski definition) is 0. The minimum atomic E-state index is -0.689. The van der Waals surface area contributed by atoms with E-state index in [1.54, 1.807) is 37.7 Å². The molecule has 0 N–H and O–H groups in total. The van der Waals surface area contributed by atoms with Gasteiger partial charge in [0.15, 0.2) is 16.3 Å². The molecule has 0 saturated carbocycles. The first-order chi connectivity index (χ1) is 21.1. The van der Waals surface area contributed by atoms with Gasteiger partial charge in [-0.2, -0.15) is 0 Å². The van der Waals surface area contributed by atoms with Gasteiger partial charge in [-0.3, -0.25) is 9.36 Å². The number of halogens is 2. The molecule has 0 amide bonds. The van der Waals surface area contributed by atoms with Gasteiger partial charge in [0.05, 0.1) is 40.0 Å². The van der Waals surface area contributed by atoms with Gasteiger partial charge in [0.2, 0.25) is 0 Å². The maximum Gasteiger partial charge on any atom is 0.338 e. The van der Waals surface area contributed by atoms with Gasteiger partial charge >= 0.3 is 5.97 Å². The lowest BCUT2D eigenvalue weighted by Gasteiger charge is -2.25. The Morgan fingerprint density at radius 2 is 1.89 bits per heavy atom. The third-order valence-corrected chi connectivity index (χ3v) is 9.06. The number of nitrogens with zero attached hydrogens (tertiary/aromatic N) is 3. The van der Waals surface area contributed by atoms with Crippen molar-refractivity contribution in [2.75, 3.05) is 32.7 Å². The number of hydrogen-bond acceptors (Lipinski definition) is 8. The quantitative estimate of drug-likeness (QED) is 0.204. The Morgan fingerprint density at radius 3 is 2.55 bits per heavy atom. The van der Waals surface area contributed by atoms with Crippen LogP contribution in [0.15, 0.2) is 86.2 Å². The van der Waals surface area contributed by atoms with Crippen molar-refractivity contribution >= 4 is 56.6 Å². The van der Waals surface area contributed by atoms with Crippen LogP contribution in [0.25, 0.3) is 6.08 Å². The fourth-order valence-electron chi connectivity index (χ4n) is 4.94. The minimum absolute atomic E-state index is 0.209. The third kappa shape index (κ3) is 6.33. The van der Waals surface area contributed by atoms with Crippen molar-refractivity contribution in [3.8, 4) is 11.5 Å². The van der Waals surface area contributed by atoms with E-state index in [-0.39, 0.29) is 18.8 Å². The number of aromatic nitrogens is 1. The van der Waals surface area contributed by atoms with Crippen molar-refractivity contribution in [2.24, 2.45) is 4.99 Å². The number of allylic oxidation sites excluding steroid dienone is 1. The number of carbonyl (C=O) groups is 1. The lowest BCUT2D eigenvalue weighted by atomic mass is 9.95. The molecule has 0 spiro atoms. The van der Waals surface area contributed by atoms with Gasteiger partial charge in [-0.25, -0.2) is 9.79 Å². The van der Waals surface area contributed by atoms with Crippen molar-refractivity contribution in [1.29, 1.82) is 0 Å². The molecule has 44 heavy (non-hydrogen) atoms. The summed E-state index contributed by atoms with van der Waals surface area (Å²) >= 11 is 11.2. The molecule has 8 nitrogen and oxygen atoms in total. The molecule has 0 saturated heterocycles. The summed E-state index contributed by atoms with van der Waals surface area (Å²) in [5.41, 5.74) is 3.94. The van der Waals surface area contributed by atoms with Crippen molar-refractivity contribution in [2.45, 2.75) is 26.5 Å². The molecule has 1 aliphatic heterocycles. The Balaban J connectivity index is 1.58. The average molecular weight is 697 g/mol. The lowest BCUT2D eigenvalue weighted by Crippen LogP contribution is -2.39. The SMILES string of the molecule is CCOC(=O)C1=C(C)N=c2s/c(=C/c3cc(Br)c(OCc4ccccc4Cl)c(OC)c3)c(=O)n2C1c1ccc(N(C)C)cc1. The first kappa shape index (κ1) is 31.6. The van der Waals surface area contributed by atoms with Gasteiger partial charge in [0, 0.05) is 30.4 Å². The number of fused-ring (bicyclic) bond motifs is 1. The van der Waals surface area contributed by atoms with Gasteiger partial charge in [0.25, 0.3) is 5.56 Å². The van der Waals surface area contributed by atoms with E-state index in [0.717, 1.165) is 22.4 Å². The second kappa shape index (κ2) is 13.4. The number of anilines is 1. The molecule has 0 aliphatic carbocycles. The summed E-state index contributed by atoms with van der Waals surface area (Å²) in [5.74, 6) is 0.511. The molecule has 5 rings (SSSR count). The summed E-state index contributed by atoms with van der Waals surface area (Å²) in [5, 5.41) is 0.614. The maximum absolute atomic E-state index is 14.0. The van der Waals surface area contributed by atoms with E-state index in [1.165, 1.54) is 11.3 Å². The highest BCUT2D eigenvalue weighted by molar-refractivity contribution is 9.10. The normalized spacial score (nSPS) is 14.6. The standard InChI is InChI=1S/C33H31BrClN3O5S/c1-6-42-32(40)28-19(2)36-33-38(29(28)21-11-13-23(14-12-21)37(3)4)31(39)27(44-33)17-20-15-24(34)30(26(16-20)41-5)43-18-22-9-7-8-10-25(22)35/h7-17,29H,6,18H2,1-5H3/b27-17+. The van der Waals surface area contributed by atoms with E-state index in [2.05, 4.69) is 20.9 Å². The zero-order chi connectivity index (χ0) is 31.5. The number of carbonyl (C=O) groups excluding carboxylic acids is 1. The van der Waals surface area contributed by atoms with E-state index in [0.29, 0.717) is 41.6 Å². The molecule has 2 heterocycles. The summed E-state index contributed by atoms with van der Waals surface area (Å²) in [4.78, 5) is 34.4. The van der Waals surface area contributed by atoms with Crippen LogP contribution in [0.2, 0.25) is 5.02 Å².